The van der Waals surface area contributed by atoms with Crippen molar-refractivity contribution in [2.75, 3.05) is 5.32 Å². The minimum absolute atomic E-state index is 0.222. The lowest BCUT2D eigenvalue weighted by molar-refractivity contribution is 0.0695. The molecule has 5 heteroatoms. The van der Waals surface area contributed by atoms with E-state index in [1.165, 1.54) is 0 Å². The van der Waals surface area contributed by atoms with Gasteiger partial charge in [0.05, 0.1) is 23.5 Å². The van der Waals surface area contributed by atoms with E-state index in [1.54, 1.807) is 19.1 Å². The second kappa shape index (κ2) is 5.48. The van der Waals surface area contributed by atoms with Crippen LogP contribution in [-0.2, 0) is 6.54 Å². The fourth-order valence-corrected chi connectivity index (χ4v) is 1.76. The highest BCUT2D eigenvalue weighted by Crippen LogP contribution is 2.11. The first-order valence-electron chi connectivity index (χ1n) is 5.93. The van der Waals surface area contributed by atoms with Crippen molar-refractivity contribution < 1.29 is 9.90 Å². The number of aryl methyl sites for hydroxylation is 2. The highest BCUT2D eigenvalue weighted by atomic mass is 16.4. The van der Waals surface area contributed by atoms with Crippen LogP contribution in [-0.4, -0.2) is 21.0 Å². The summed E-state index contributed by atoms with van der Waals surface area (Å²) in [7, 11) is 0. The Morgan fingerprint density at radius 3 is 2.63 bits per heavy atom. The molecule has 2 heterocycles. The van der Waals surface area contributed by atoms with E-state index in [2.05, 4.69) is 15.3 Å². The Hall–Kier alpha value is -2.43. The van der Waals surface area contributed by atoms with E-state index in [-0.39, 0.29) is 5.56 Å². The molecule has 0 bridgehead atoms. The number of carboxylic acid groups (broad SMARTS) is 1. The maximum atomic E-state index is 10.9. The van der Waals surface area contributed by atoms with Crippen LogP contribution in [0, 0.1) is 13.8 Å². The molecule has 2 N–H and O–H groups in total. The standard InChI is InChI=1S/C14H15N3O2/c1-9-4-3-5-11(16-9)8-15-13-7-6-12(14(18)19)10(2)17-13/h3-7H,8H2,1-2H3,(H,15,17)(H,18,19). The van der Waals surface area contributed by atoms with Crippen molar-refractivity contribution in [3.63, 3.8) is 0 Å². The summed E-state index contributed by atoms with van der Waals surface area (Å²) in [5.74, 6) is -0.317. The molecule has 0 saturated carbocycles. The van der Waals surface area contributed by atoms with E-state index in [4.69, 9.17) is 5.11 Å². The van der Waals surface area contributed by atoms with Crippen molar-refractivity contribution in [3.8, 4) is 0 Å². The lowest BCUT2D eigenvalue weighted by Crippen LogP contribution is -2.07. The van der Waals surface area contributed by atoms with Gasteiger partial charge in [-0.1, -0.05) is 6.07 Å². The lowest BCUT2D eigenvalue weighted by atomic mass is 10.2. The molecule has 0 fully saturated rings. The number of carbonyl (C=O) groups is 1. The largest absolute Gasteiger partial charge is 0.478 e. The Kier molecular flexibility index (Phi) is 3.75. The third kappa shape index (κ3) is 3.28. The van der Waals surface area contributed by atoms with Crippen LogP contribution in [0.3, 0.4) is 0 Å². The molecule has 2 aromatic rings. The Morgan fingerprint density at radius 1 is 1.21 bits per heavy atom. The van der Waals surface area contributed by atoms with Gasteiger partial charge in [0.25, 0.3) is 0 Å². The fourth-order valence-electron chi connectivity index (χ4n) is 1.76. The molecule has 0 aliphatic carbocycles. The normalized spacial score (nSPS) is 10.2. The Morgan fingerprint density at radius 2 is 2.00 bits per heavy atom. The van der Waals surface area contributed by atoms with Gasteiger partial charge < -0.3 is 10.4 Å². The van der Waals surface area contributed by atoms with Gasteiger partial charge in [-0.05, 0) is 38.1 Å². The number of hydrogen-bond donors (Lipinski definition) is 2. The van der Waals surface area contributed by atoms with Gasteiger partial charge >= 0.3 is 5.97 Å². The maximum absolute atomic E-state index is 10.9. The predicted molar refractivity (Wildman–Crippen MR) is 72.2 cm³/mol. The van der Waals surface area contributed by atoms with E-state index in [9.17, 15) is 4.79 Å². The van der Waals surface area contributed by atoms with E-state index >= 15 is 0 Å². The van der Waals surface area contributed by atoms with Gasteiger partial charge in [0, 0.05) is 5.69 Å². The van der Waals surface area contributed by atoms with Crippen LogP contribution in [0.25, 0.3) is 0 Å². The second-order valence-corrected chi connectivity index (χ2v) is 4.26. The van der Waals surface area contributed by atoms with Crippen LogP contribution in [0.1, 0.15) is 27.4 Å². The minimum atomic E-state index is -0.961. The average Bonchev–Trinajstić information content (AvgIpc) is 2.36. The van der Waals surface area contributed by atoms with Gasteiger partial charge in [-0.25, -0.2) is 9.78 Å². The predicted octanol–water partition coefficient (Wildman–Crippen LogP) is 2.40. The number of hydrogen-bond acceptors (Lipinski definition) is 4. The Balaban J connectivity index is 2.08. The SMILES string of the molecule is Cc1cccc(CNc2ccc(C(=O)O)c(C)n2)n1. The van der Waals surface area contributed by atoms with Gasteiger partial charge in [-0.3, -0.25) is 4.98 Å². The zero-order valence-electron chi connectivity index (χ0n) is 10.8. The van der Waals surface area contributed by atoms with Crippen molar-refractivity contribution in [2.45, 2.75) is 20.4 Å². The molecule has 0 radical (unpaired) electrons. The van der Waals surface area contributed by atoms with Crippen molar-refractivity contribution in [3.05, 3.63) is 53.0 Å². The molecule has 0 saturated heterocycles. The summed E-state index contributed by atoms with van der Waals surface area (Å²) in [4.78, 5) is 19.5. The zero-order valence-corrected chi connectivity index (χ0v) is 10.8. The first kappa shape index (κ1) is 13.0. The molecular weight excluding hydrogens is 242 g/mol. The maximum Gasteiger partial charge on any atom is 0.337 e. The van der Waals surface area contributed by atoms with Crippen LogP contribution >= 0.6 is 0 Å². The average molecular weight is 257 g/mol. The molecule has 2 rings (SSSR count). The minimum Gasteiger partial charge on any atom is -0.478 e. The molecule has 19 heavy (non-hydrogen) atoms. The van der Waals surface area contributed by atoms with Crippen molar-refractivity contribution in [2.24, 2.45) is 0 Å². The van der Waals surface area contributed by atoms with Gasteiger partial charge in [-0.15, -0.1) is 0 Å². The molecule has 0 aliphatic heterocycles. The molecule has 2 aromatic heterocycles. The smallest absolute Gasteiger partial charge is 0.337 e. The number of nitrogens with zero attached hydrogens (tertiary/aromatic N) is 2. The molecule has 5 nitrogen and oxygen atoms in total. The van der Waals surface area contributed by atoms with Crippen LogP contribution in [0.15, 0.2) is 30.3 Å². The number of anilines is 1. The number of nitrogens with one attached hydrogen (secondary N) is 1. The zero-order chi connectivity index (χ0) is 13.8. The quantitative estimate of drug-likeness (QED) is 0.879. The fraction of sp³-hybridized carbons (Fsp3) is 0.214. The number of aromatic nitrogens is 2. The van der Waals surface area contributed by atoms with E-state index in [0.29, 0.717) is 18.1 Å². The summed E-state index contributed by atoms with van der Waals surface area (Å²) in [6, 6.07) is 9.03. The summed E-state index contributed by atoms with van der Waals surface area (Å²) in [5.41, 5.74) is 2.60. The number of rotatable bonds is 4. The Bertz CT molecular complexity index is 611. The number of pyridine rings is 2. The van der Waals surface area contributed by atoms with Crippen LogP contribution in [0.2, 0.25) is 0 Å². The molecule has 0 unspecified atom stereocenters. The van der Waals surface area contributed by atoms with Crippen LogP contribution < -0.4 is 5.32 Å². The highest BCUT2D eigenvalue weighted by Gasteiger charge is 2.08. The summed E-state index contributed by atoms with van der Waals surface area (Å²) < 4.78 is 0. The molecule has 0 aromatic carbocycles. The van der Waals surface area contributed by atoms with Crippen molar-refractivity contribution in [1.82, 2.24) is 9.97 Å². The molecule has 0 aliphatic rings. The first-order chi connectivity index (χ1) is 9.06. The van der Waals surface area contributed by atoms with Gasteiger partial charge in [0.15, 0.2) is 0 Å². The lowest BCUT2D eigenvalue weighted by Gasteiger charge is -2.07. The summed E-state index contributed by atoms with van der Waals surface area (Å²) in [6.07, 6.45) is 0. The molecule has 0 amide bonds. The summed E-state index contributed by atoms with van der Waals surface area (Å²) >= 11 is 0. The molecule has 0 atom stereocenters. The first-order valence-corrected chi connectivity index (χ1v) is 5.93. The monoisotopic (exact) mass is 257 g/mol. The molecular formula is C14H15N3O2. The molecule has 0 spiro atoms. The summed E-state index contributed by atoms with van der Waals surface area (Å²) in [6.45, 7) is 4.17. The van der Waals surface area contributed by atoms with Crippen LogP contribution in [0.4, 0.5) is 5.82 Å². The van der Waals surface area contributed by atoms with Gasteiger partial charge in [0.2, 0.25) is 0 Å². The number of carboxylic acids is 1. The number of aromatic carboxylic acids is 1. The van der Waals surface area contributed by atoms with Crippen molar-refractivity contribution in [1.29, 1.82) is 0 Å². The second-order valence-electron chi connectivity index (χ2n) is 4.26. The molecule has 98 valence electrons. The Labute approximate surface area is 111 Å². The van der Waals surface area contributed by atoms with Crippen LogP contribution in [0.5, 0.6) is 0 Å². The van der Waals surface area contributed by atoms with Gasteiger partial charge in [-0.2, -0.15) is 0 Å². The summed E-state index contributed by atoms with van der Waals surface area (Å²) in [5, 5.41) is 12.1. The van der Waals surface area contributed by atoms with Gasteiger partial charge in [0.1, 0.15) is 5.82 Å². The van der Waals surface area contributed by atoms with E-state index in [0.717, 1.165) is 11.4 Å². The van der Waals surface area contributed by atoms with E-state index < -0.39 is 5.97 Å². The highest BCUT2D eigenvalue weighted by molar-refractivity contribution is 5.89. The topological polar surface area (TPSA) is 75.1 Å². The van der Waals surface area contributed by atoms with E-state index in [1.807, 2.05) is 25.1 Å². The third-order valence-electron chi connectivity index (χ3n) is 2.71. The van der Waals surface area contributed by atoms with Crippen molar-refractivity contribution >= 4 is 11.8 Å². The third-order valence-corrected chi connectivity index (χ3v) is 2.71.